The normalized spacial score (nSPS) is 14.4. The lowest BCUT2D eigenvalue weighted by Crippen LogP contribution is -2.20. The van der Waals surface area contributed by atoms with E-state index in [4.69, 9.17) is 0 Å². The molecule has 0 aliphatic heterocycles. The maximum Gasteiger partial charge on any atom is 0.295 e. The number of rotatable bonds is 7. The van der Waals surface area contributed by atoms with Gasteiger partial charge in [0, 0.05) is 18.7 Å². The molecule has 0 atom stereocenters. The number of nitrogens with one attached hydrogen (secondary N) is 2. The smallest absolute Gasteiger partial charge is 0.295 e. The molecule has 5 nitrogen and oxygen atoms in total. The summed E-state index contributed by atoms with van der Waals surface area (Å²) in [5.74, 6) is -2.30. The standard InChI is InChI=1S/C12H15F2N3O2/c13-9-4-5-10(17(18)19)12(11(9)14)16-7-1-6-15-8-2-3-8/h4-5,8,15-16H,1-3,6-7H2. The molecule has 2 N–H and O–H groups in total. The summed E-state index contributed by atoms with van der Waals surface area (Å²) in [4.78, 5) is 10.0. The molecule has 1 saturated carbocycles. The first-order chi connectivity index (χ1) is 9.09. The molecular formula is C12H15F2N3O2. The molecule has 0 spiro atoms. The zero-order valence-corrected chi connectivity index (χ0v) is 10.3. The molecule has 1 fully saturated rings. The number of nitro groups is 1. The van der Waals surface area contributed by atoms with E-state index in [2.05, 4.69) is 10.6 Å². The maximum atomic E-state index is 13.5. The van der Waals surface area contributed by atoms with Gasteiger partial charge in [-0.1, -0.05) is 0 Å². The Morgan fingerprint density at radius 1 is 1.32 bits per heavy atom. The van der Waals surface area contributed by atoms with E-state index in [0.717, 1.165) is 18.7 Å². The fourth-order valence-electron chi connectivity index (χ4n) is 1.76. The van der Waals surface area contributed by atoms with Crippen LogP contribution in [-0.2, 0) is 0 Å². The molecule has 1 aliphatic rings. The Bertz CT molecular complexity index is 478. The summed E-state index contributed by atoms with van der Waals surface area (Å²) in [6.07, 6.45) is 3.04. The van der Waals surface area contributed by atoms with E-state index in [1.54, 1.807) is 0 Å². The van der Waals surface area contributed by atoms with Gasteiger partial charge in [0.05, 0.1) is 4.92 Å². The minimum atomic E-state index is -1.20. The number of nitro benzene ring substituents is 1. The largest absolute Gasteiger partial charge is 0.377 e. The van der Waals surface area contributed by atoms with E-state index in [1.807, 2.05) is 0 Å². The average Bonchev–Trinajstić information content (AvgIpc) is 3.17. The van der Waals surface area contributed by atoms with Crippen LogP contribution in [0.4, 0.5) is 20.2 Å². The molecule has 0 aromatic heterocycles. The second-order valence-corrected chi connectivity index (χ2v) is 4.52. The Morgan fingerprint density at radius 2 is 2.05 bits per heavy atom. The van der Waals surface area contributed by atoms with Crippen molar-refractivity contribution >= 4 is 11.4 Å². The van der Waals surface area contributed by atoms with Crippen molar-refractivity contribution in [3.63, 3.8) is 0 Å². The van der Waals surface area contributed by atoms with Crippen LogP contribution in [0.15, 0.2) is 12.1 Å². The molecule has 0 saturated heterocycles. The van der Waals surface area contributed by atoms with Crippen molar-refractivity contribution in [3.05, 3.63) is 33.9 Å². The molecule has 0 unspecified atom stereocenters. The zero-order valence-electron chi connectivity index (χ0n) is 10.3. The van der Waals surface area contributed by atoms with Gasteiger partial charge in [0.15, 0.2) is 17.3 Å². The van der Waals surface area contributed by atoms with Crippen LogP contribution in [0.3, 0.4) is 0 Å². The fourth-order valence-corrected chi connectivity index (χ4v) is 1.76. The van der Waals surface area contributed by atoms with E-state index >= 15 is 0 Å². The quantitative estimate of drug-likeness (QED) is 0.454. The maximum absolute atomic E-state index is 13.5. The van der Waals surface area contributed by atoms with Crippen molar-refractivity contribution in [1.82, 2.24) is 5.32 Å². The number of hydrogen-bond acceptors (Lipinski definition) is 4. The van der Waals surface area contributed by atoms with Gasteiger partial charge in [-0.25, -0.2) is 8.78 Å². The highest BCUT2D eigenvalue weighted by molar-refractivity contribution is 5.62. The van der Waals surface area contributed by atoms with Gasteiger partial charge in [0.2, 0.25) is 0 Å². The molecule has 1 aliphatic carbocycles. The summed E-state index contributed by atoms with van der Waals surface area (Å²) in [6, 6.07) is 2.30. The first kappa shape index (κ1) is 13.7. The van der Waals surface area contributed by atoms with Crippen molar-refractivity contribution in [2.75, 3.05) is 18.4 Å². The molecule has 0 bridgehead atoms. The molecule has 0 amide bonds. The number of benzene rings is 1. The van der Waals surface area contributed by atoms with E-state index in [1.165, 1.54) is 12.8 Å². The Hall–Kier alpha value is -1.76. The predicted octanol–water partition coefficient (Wildman–Crippen LogP) is 2.43. The molecule has 0 radical (unpaired) electrons. The Kier molecular flexibility index (Phi) is 4.26. The number of hydrogen-bond donors (Lipinski definition) is 2. The van der Waals surface area contributed by atoms with Crippen LogP contribution in [0.1, 0.15) is 19.3 Å². The molecule has 7 heteroatoms. The SMILES string of the molecule is O=[N+]([O-])c1ccc(F)c(F)c1NCCCNC1CC1. The first-order valence-electron chi connectivity index (χ1n) is 6.19. The van der Waals surface area contributed by atoms with Crippen LogP contribution in [0.25, 0.3) is 0 Å². The number of nitrogens with zero attached hydrogens (tertiary/aromatic N) is 1. The minimum Gasteiger partial charge on any atom is -0.377 e. The van der Waals surface area contributed by atoms with Crippen LogP contribution in [-0.4, -0.2) is 24.1 Å². The zero-order chi connectivity index (χ0) is 13.8. The van der Waals surface area contributed by atoms with Crippen LogP contribution in [0, 0.1) is 21.7 Å². The van der Waals surface area contributed by atoms with Gasteiger partial charge >= 0.3 is 0 Å². The van der Waals surface area contributed by atoms with Crippen molar-refractivity contribution in [3.8, 4) is 0 Å². The van der Waals surface area contributed by atoms with Gasteiger partial charge in [-0.3, -0.25) is 10.1 Å². The van der Waals surface area contributed by atoms with Crippen LogP contribution in [0.5, 0.6) is 0 Å². The van der Waals surface area contributed by atoms with Gasteiger partial charge in [-0.15, -0.1) is 0 Å². The van der Waals surface area contributed by atoms with Gasteiger partial charge in [-0.2, -0.15) is 0 Å². The van der Waals surface area contributed by atoms with Gasteiger partial charge < -0.3 is 10.6 Å². The molecule has 104 valence electrons. The summed E-state index contributed by atoms with van der Waals surface area (Å²) in [7, 11) is 0. The molecule has 1 aromatic carbocycles. The van der Waals surface area contributed by atoms with Gasteiger partial charge in [-0.05, 0) is 31.9 Å². The van der Waals surface area contributed by atoms with E-state index in [9.17, 15) is 18.9 Å². The van der Waals surface area contributed by atoms with Crippen molar-refractivity contribution in [1.29, 1.82) is 0 Å². The van der Waals surface area contributed by atoms with Gasteiger partial charge in [0.1, 0.15) is 0 Å². The highest BCUT2D eigenvalue weighted by Crippen LogP contribution is 2.28. The second kappa shape index (κ2) is 5.92. The van der Waals surface area contributed by atoms with E-state index in [-0.39, 0.29) is 5.69 Å². The topological polar surface area (TPSA) is 67.2 Å². The summed E-state index contributed by atoms with van der Waals surface area (Å²) in [5, 5.41) is 16.6. The third-order valence-corrected chi connectivity index (χ3v) is 2.94. The number of anilines is 1. The fraction of sp³-hybridized carbons (Fsp3) is 0.500. The molecule has 2 rings (SSSR count). The molecular weight excluding hydrogens is 256 g/mol. The summed E-state index contributed by atoms with van der Waals surface area (Å²) < 4.78 is 26.6. The lowest BCUT2D eigenvalue weighted by atomic mass is 10.2. The predicted molar refractivity (Wildman–Crippen MR) is 67.1 cm³/mol. The van der Waals surface area contributed by atoms with Crippen molar-refractivity contribution in [2.45, 2.75) is 25.3 Å². The Labute approximate surface area is 109 Å². The second-order valence-electron chi connectivity index (χ2n) is 4.52. The summed E-state index contributed by atoms with van der Waals surface area (Å²) in [5.41, 5.74) is -0.828. The lowest BCUT2D eigenvalue weighted by Gasteiger charge is -2.09. The lowest BCUT2D eigenvalue weighted by molar-refractivity contribution is -0.384. The highest BCUT2D eigenvalue weighted by Gasteiger charge is 2.21. The van der Waals surface area contributed by atoms with Crippen molar-refractivity contribution in [2.24, 2.45) is 0 Å². The first-order valence-corrected chi connectivity index (χ1v) is 6.19. The van der Waals surface area contributed by atoms with E-state index in [0.29, 0.717) is 19.0 Å². The molecule has 0 heterocycles. The summed E-state index contributed by atoms with van der Waals surface area (Å²) >= 11 is 0. The number of halogens is 2. The molecule has 19 heavy (non-hydrogen) atoms. The van der Waals surface area contributed by atoms with Crippen LogP contribution >= 0.6 is 0 Å². The summed E-state index contributed by atoms with van der Waals surface area (Å²) in [6.45, 7) is 1.10. The van der Waals surface area contributed by atoms with Crippen LogP contribution in [0.2, 0.25) is 0 Å². The minimum absolute atomic E-state index is 0.348. The van der Waals surface area contributed by atoms with E-state index < -0.39 is 22.2 Å². The average molecular weight is 271 g/mol. The third kappa shape index (κ3) is 3.60. The van der Waals surface area contributed by atoms with Crippen LogP contribution < -0.4 is 10.6 Å². The third-order valence-electron chi connectivity index (χ3n) is 2.94. The monoisotopic (exact) mass is 271 g/mol. The Morgan fingerprint density at radius 3 is 2.68 bits per heavy atom. The van der Waals surface area contributed by atoms with Gasteiger partial charge in [0.25, 0.3) is 5.69 Å². The molecule has 1 aromatic rings. The Balaban J connectivity index is 1.92. The van der Waals surface area contributed by atoms with Crippen molar-refractivity contribution < 1.29 is 13.7 Å². The highest BCUT2D eigenvalue weighted by atomic mass is 19.2.